The van der Waals surface area contributed by atoms with Gasteiger partial charge in [-0.2, -0.15) is 4.98 Å². The first-order chi connectivity index (χ1) is 17.6. The molecule has 36 heavy (non-hydrogen) atoms. The highest BCUT2D eigenvalue weighted by Crippen LogP contribution is 2.25. The first kappa shape index (κ1) is 25.1. The number of rotatable bonds is 13. The van der Waals surface area contributed by atoms with E-state index in [1.165, 1.54) is 0 Å². The Morgan fingerprint density at radius 1 is 1.03 bits per heavy atom. The summed E-state index contributed by atoms with van der Waals surface area (Å²) >= 11 is 0. The monoisotopic (exact) mass is 490 g/mol. The average molecular weight is 491 g/mol. The number of aliphatic carboxylic acids is 1. The Morgan fingerprint density at radius 2 is 1.83 bits per heavy atom. The lowest BCUT2D eigenvalue weighted by Crippen LogP contribution is -2.27. The molecule has 0 spiro atoms. The summed E-state index contributed by atoms with van der Waals surface area (Å²) in [5, 5.41) is 18.5. The lowest BCUT2D eigenvalue weighted by atomic mass is 10.2. The molecule has 3 aromatic carbocycles. The minimum atomic E-state index is -0.984. The van der Waals surface area contributed by atoms with Crippen LogP contribution in [0.5, 0.6) is 11.5 Å². The van der Waals surface area contributed by atoms with E-state index in [0.29, 0.717) is 49.9 Å². The zero-order chi connectivity index (χ0) is 25.3. The molecule has 8 heteroatoms. The van der Waals surface area contributed by atoms with Crippen LogP contribution in [-0.2, 0) is 17.9 Å². The van der Waals surface area contributed by atoms with E-state index < -0.39 is 12.1 Å². The Labute approximate surface area is 209 Å². The van der Waals surface area contributed by atoms with Gasteiger partial charge in [0.15, 0.2) is 11.7 Å². The number of para-hydroxylation sites is 2. The van der Waals surface area contributed by atoms with Crippen LogP contribution in [0.15, 0.2) is 77.2 Å². The molecule has 4 aromatic rings. The lowest BCUT2D eigenvalue weighted by Gasteiger charge is -2.21. The van der Waals surface area contributed by atoms with Crippen molar-refractivity contribution in [2.75, 3.05) is 18.1 Å². The summed E-state index contributed by atoms with van der Waals surface area (Å²) in [7, 11) is 0. The van der Waals surface area contributed by atoms with E-state index in [4.69, 9.17) is 13.9 Å². The zero-order valence-corrected chi connectivity index (χ0v) is 20.2. The van der Waals surface area contributed by atoms with Gasteiger partial charge in [-0.1, -0.05) is 43.3 Å². The Hall–Kier alpha value is -4.04. The molecule has 4 rings (SSSR count). The van der Waals surface area contributed by atoms with E-state index in [2.05, 4.69) is 4.98 Å². The summed E-state index contributed by atoms with van der Waals surface area (Å²) in [6.07, 6.45) is 0.197. The number of nitrogens with zero attached hydrogens (tertiary/aromatic N) is 2. The largest absolute Gasteiger partial charge is 0.494 e. The van der Waals surface area contributed by atoms with Gasteiger partial charge < -0.3 is 29.0 Å². The highest BCUT2D eigenvalue weighted by molar-refractivity contribution is 5.74. The topological polar surface area (TPSA) is 105 Å². The van der Waals surface area contributed by atoms with Gasteiger partial charge in [0.05, 0.1) is 13.2 Å². The molecule has 0 saturated carbocycles. The molecule has 0 bridgehead atoms. The van der Waals surface area contributed by atoms with Gasteiger partial charge >= 0.3 is 5.97 Å². The minimum Gasteiger partial charge on any atom is -0.494 e. The number of hydrogen-bond acceptors (Lipinski definition) is 7. The Morgan fingerprint density at radius 3 is 2.56 bits per heavy atom. The van der Waals surface area contributed by atoms with Crippen LogP contribution in [0.4, 0.5) is 6.01 Å². The van der Waals surface area contributed by atoms with Crippen LogP contribution in [0.2, 0.25) is 0 Å². The molecule has 188 valence electrons. The number of ether oxygens (including phenoxy) is 2. The second kappa shape index (κ2) is 12.1. The molecule has 1 aromatic heterocycles. The molecule has 0 fully saturated rings. The Balaban J connectivity index is 1.46. The molecule has 0 aliphatic heterocycles. The van der Waals surface area contributed by atoms with Gasteiger partial charge in [-0.05, 0) is 60.4 Å². The zero-order valence-electron chi connectivity index (χ0n) is 20.2. The maximum Gasteiger partial charge on any atom is 0.344 e. The van der Waals surface area contributed by atoms with Crippen molar-refractivity contribution in [2.24, 2.45) is 0 Å². The van der Waals surface area contributed by atoms with Gasteiger partial charge in [-0.25, -0.2) is 4.79 Å². The number of fused-ring (bicyclic) bond motifs is 1. The van der Waals surface area contributed by atoms with E-state index >= 15 is 0 Å². The number of benzene rings is 3. The van der Waals surface area contributed by atoms with Gasteiger partial charge in [0.2, 0.25) is 0 Å². The molecule has 0 radical (unpaired) electrons. The van der Waals surface area contributed by atoms with E-state index in [1.807, 2.05) is 71.6 Å². The van der Waals surface area contributed by atoms with E-state index in [0.717, 1.165) is 22.4 Å². The standard InChI is InChI=1S/C28H30N2O6/c1-2-25(27(32)33)35-23-8-5-7-21(17-23)18-30(28-29-24-9-3-4-10-26(24)36-28)15-6-16-34-22-13-11-20(19-31)12-14-22/h3-5,7-14,17,25,31H,2,6,15-16,18-19H2,1H3,(H,32,33)/t25-/m1/s1. The molecule has 1 heterocycles. The predicted octanol–water partition coefficient (Wildman–Crippen LogP) is 5.04. The number of carboxylic acids is 1. The second-order valence-corrected chi connectivity index (χ2v) is 8.39. The first-order valence-corrected chi connectivity index (χ1v) is 12.0. The number of aromatic nitrogens is 1. The average Bonchev–Trinajstić information content (AvgIpc) is 3.34. The third kappa shape index (κ3) is 6.55. The number of anilines is 1. The Bertz CT molecular complexity index is 1240. The number of oxazole rings is 1. The summed E-state index contributed by atoms with van der Waals surface area (Å²) < 4.78 is 17.6. The quantitative estimate of drug-likeness (QED) is 0.251. The van der Waals surface area contributed by atoms with Crippen LogP contribution >= 0.6 is 0 Å². The summed E-state index contributed by atoms with van der Waals surface area (Å²) in [5.74, 6) is 0.269. The van der Waals surface area contributed by atoms with E-state index in [1.54, 1.807) is 13.0 Å². The molecular weight excluding hydrogens is 460 g/mol. The normalized spacial score (nSPS) is 11.8. The third-order valence-corrected chi connectivity index (χ3v) is 5.70. The fourth-order valence-electron chi connectivity index (χ4n) is 3.78. The molecule has 8 nitrogen and oxygen atoms in total. The van der Waals surface area contributed by atoms with E-state index in [9.17, 15) is 15.0 Å². The van der Waals surface area contributed by atoms with Crippen molar-refractivity contribution >= 4 is 23.1 Å². The first-order valence-electron chi connectivity index (χ1n) is 12.0. The summed E-state index contributed by atoms with van der Waals surface area (Å²) in [6.45, 7) is 3.40. The maximum absolute atomic E-state index is 11.4. The van der Waals surface area contributed by atoms with Crippen molar-refractivity contribution in [1.82, 2.24) is 4.98 Å². The van der Waals surface area contributed by atoms with Crippen molar-refractivity contribution in [3.05, 3.63) is 83.9 Å². The summed E-state index contributed by atoms with van der Waals surface area (Å²) in [5.41, 5.74) is 3.27. The molecule has 0 aliphatic carbocycles. The van der Waals surface area contributed by atoms with Crippen LogP contribution in [0.1, 0.15) is 30.9 Å². The van der Waals surface area contributed by atoms with Crippen LogP contribution in [0, 0.1) is 0 Å². The van der Waals surface area contributed by atoms with Gasteiger partial charge in [0.1, 0.15) is 17.0 Å². The Kier molecular flexibility index (Phi) is 8.41. The third-order valence-electron chi connectivity index (χ3n) is 5.70. The van der Waals surface area contributed by atoms with Crippen molar-refractivity contribution in [1.29, 1.82) is 0 Å². The number of hydrogen-bond donors (Lipinski definition) is 2. The van der Waals surface area contributed by atoms with E-state index in [-0.39, 0.29) is 6.61 Å². The highest BCUT2D eigenvalue weighted by atomic mass is 16.5. The number of carbonyl (C=O) groups is 1. The predicted molar refractivity (Wildman–Crippen MR) is 136 cm³/mol. The van der Waals surface area contributed by atoms with Crippen molar-refractivity contribution in [3.8, 4) is 11.5 Å². The summed E-state index contributed by atoms with van der Waals surface area (Å²) in [6, 6.07) is 22.9. The minimum absolute atomic E-state index is 0.00138. The molecule has 0 amide bonds. The fraction of sp³-hybridized carbons (Fsp3) is 0.286. The van der Waals surface area contributed by atoms with Crippen molar-refractivity contribution in [2.45, 2.75) is 39.0 Å². The van der Waals surface area contributed by atoms with Crippen LogP contribution in [0.25, 0.3) is 11.1 Å². The van der Waals surface area contributed by atoms with Gasteiger partial charge in [-0.3, -0.25) is 0 Å². The lowest BCUT2D eigenvalue weighted by molar-refractivity contribution is -0.145. The summed E-state index contributed by atoms with van der Waals surface area (Å²) in [4.78, 5) is 18.1. The number of carboxylic acid groups (broad SMARTS) is 1. The fourth-order valence-corrected chi connectivity index (χ4v) is 3.78. The molecule has 2 N–H and O–H groups in total. The molecule has 0 unspecified atom stereocenters. The molecule has 1 atom stereocenters. The van der Waals surface area contributed by atoms with Gasteiger partial charge in [-0.15, -0.1) is 0 Å². The maximum atomic E-state index is 11.4. The highest BCUT2D eigenvalue weighted by Gasteiger charge is 2.18. The van der Waals surface area contributed by atoms with Gasteiger partial charge in [0, 0.05) is 13.1 Å². The van der Waals surface area contributed by atoms with Crippen molar-refractivity contribution < 1.29 is 28.9 Å². The van der Waals surface area contributed by atoms with Crippen LogP contribution in [-0.4, -0.2) is 40.4 Å². The van der Waals surface area contributed by atoms with Crippen molar-refractivity contribution in [3.63, 3.8) is 0 Å². The second-order valence-electron chi connectivity index (χ2n) is 8.39. The van der Waals surface area contributed by atoms with Crippen LogP contribution in [0.3, 0.4) is 0 Å². The molecular formula is C28H30N2O6. The molecule has 0 saturated heterocycles. The molecule has 0 aliphatic rings. The number of aliphatic hydroxyl groups is 1. The van der Waals surface area contributed by atoms with Crippen LogP contribution < -0.4 is 14.4 Å². The number of aliphatic hydroxyl groups excluding tert-OH is 1. The van der Waals surface area contributed by atoms with Gasteiger partial charge in [0.25, 0.3) is 6.01 Å². The SMILES string of the molecule is CC[C@@H](Oc1cccc(CN(CCCOc2ccc(CO)cc2)c2nc3ccccc3o2)c1)C(=O)O. The smallest absolute Gasteiger partial charge is 0.344 e.